The third kappa shape index (κ3) is 3.31. The van der Waals surface area contributed by atoms with Gasteiger partial charge in [-0.05, 0) is 50.9 Å². The highest BCUT2D eigenvalue weighted by atomic mass is 19.1. The van der Waals surface area contributed by atoms with E-state index in [1.807, 2.05) is 18.9 Å². The normalized spacial score (nSPS) is 24.9. The number of hydrogen-bond donors (Lipinski definition) is 1. The molecule has 0 heterocycles. The van der Waals surface area contributed by atoms with Gasteiger partial charge in [-0.2, -0.15) is 0 Å². The Kier molecular flexibility index (Phi) is 4.53. The van der Waals surface area contributed by atoms with Crippen LogP contribution in [0.25, 0.3) is 0 Å². The lowest BCUT2D eigenvalue weighted by Gasteiger charge is -2.29. The second kappa shape index (κ2) is 5.97. The Hall–Kier alpha value is -1.00. The quantitative estimate of drug-likeness (QED) is 0.908. The standard InChI is InChI=1S/C15H21F2NO/c1-10(13-8-12(16)6-7-14(13)17)18(2)9-11-4-3-5-15(11)19/h6-8,10-11,15,19H,3-5,9H2,1-2H3. The molecule has 3 atom stereocenters. The Morgan fingerprint density at radius 3 is 2.74 bits per heavy atom. The topological polar surface area (TPSA) is 23.5 Å². The summed E-state index contributed by atoms with van der Waals surface area (Å²) in [5.41, 5.74) is 0.370. The van der Waals surface area contributed by atoms with Crippen LogP contribution in [-0.4, -0.2) is 29.7 Å². The molecule has 0 aliphatic heterocycles. The number of rotatable bonds is 4. The third-order valence-electron chi connectivity index (χ3n) is 4.21. The number of aliphatic hydroxyl groups is 1. The molecule has 0 aromatic heterocycles. The molecule has 3 unspecified atom stereocenters. The van der Waals surface area contributed by atoms with Crippen LogP contribution in [0.15, 0.2) is 18.2 Å². The summed E-state index contributed by atoms with van der Waals surface area (Å²) >= 11 is 0. The van der Waals surface area contributed by atoms with Gasteiger partial charge in [-0.25, -0.2) is 8.78 Å². The van der Waals surface area contributed by atoms with Crippen LogP contribution < -0.4 is 0 Å². The Morgan fingerprint density at radius 1 is 1.37 bits per heavy atom. The molecule has 2 nitrogen and oxygen atoms in total. The molecule has 1 aliphatic rings. The van der Waals surface area contributed by atoms with Gasteiger partial charge in [0.15, 0.2) is 0 Å². The zero-order valence-corrected chi connectivity index (χ0v) is 11.4. The van der Waals surface area contributed by atoms with Gasteiger partial charge in [0, 0.05) is 18.2 Å². The summed E-state index contributed by atoms with van der Waals surface area (Å²) in [6.07, 6.45) is 2.64. The molecular formula is C15H21F2NO. The molecule has 1 saturated carbocycles. The van der Waals surface area contributed by atoms with Crippen LogP contribution in [0.3, 0.4) is 0 Å². The van der Waals surface area contributed by atoms with E-state index in [1.165, 1.54) is 12.1 Å². The maximum atomic E-state index is 13.7. The van der Waals surface area contributed by atoms with E-state index >= 15 is 0 Å². The summed E-state index contributed by atoms with van der Waals surface area (Å²) < 4.78 is 26.9. The van der Waals surface area contributed by atoms with E-state index in [1.54, 1.807) is 0 Å². The first kappa shape index (κ1) is 14.4. The van der Waals surface area contributed by atoms with Crippen molar-refractivity contribution >= 4 is 0 Å². The maximum absolute atomic E-state index is 13.7. The van der Waals surface area contributed by atoms with Crippen LogP contribution in [0.1, 0.15) is 37.8 Å². The molecule has 0 bridgehead atoms. The van der Waals surface area contributed by atoms with E-state index in [0.29, 0.717) is 12.1 Å². The Bertz CT molecular complexity index is 438. The molecule has 2 rings (SSSR count). The minimum Gasteiger partial charge on any atom is -0.393 e. The van der Waals surface area contributed by atoms with Gasteiger partial charge in [0.25, 0.3) is 0 Å². The van der Waals surface area contributed by atoms with Crippen molar-refractivity contribution in [3.8, 4) is 0 Å². The lowest BCUT2D eigenvalue weighted by Crippen LogP contribution is -2.32. The highest BCUT2D eigenvalue weighted by Crippen LogP contribution is 2.29. The Balaban J connectivity index is 2.05. The lowest BCUT2D eigenvalue weighted by atomic mass is 10.0. The highest BCUT2D eigenvalue weighted by Gasteiger charge is 2.28. The molecule has 1 aromatic carbocycles. The first-order valence-electron chi connectivity index (χ1n) is 6.82. The zero-order chi connectivity index (χ0) is 14.0. The van der Waals surface area contributed by atoms with E-state index in [9.17, 15) is 13.9 Å². The molecular weight excluding hydrogens is 248 g/mol. The zero-order valence-electron chi connectivity index (χ0n) is 11.4. The molecule has 0 spiro atoms. The summed E-state index contributed by atoms with van der Waals surface area (Å²) in [5.74, 6) is -0.561. The molecule has 0 saturated heterocycles. The van der Waals surface area contributed by atoms with E-state index in [2.05, 4.69) is 0 Å². The summed E-state index contributed by atoms with van der Waals surface area (Å²) in [7, 11) is 1.89. The van der Waals surface area contributed by atoms with Crippen molar-refractivity contribution < 1.29 is 13.9 Å². The molecule has 1 N–H and O–H groups in total. The van der Waals surface area contributed by atoms with Gasteiger partial charge in [0.05, 0.1) is 6.10 Å². The van der Waals surface area contributed by atoms with Gasteiger partial charge < -0.3 is 5.11 Å². The van der Waals surface area contributed by atoms with E-state index in [0.717, 1.165) is 25.3 Å². The average molecular weight is 269 g/mol. The third-order valence-corrected chi connectivity index (χ3v) is 4.21. The lowest BCUT2D eigenvalue weighted by molar-refractivity contribution is 0.0985. The number of nitrogens with zero attached hydrogens (tertiary/aromatic N) is 1. The minimum atomic E-state index is -0.419. The van der Waals surface area contributed by atoms with Crippen LogP contribution in [0, 0.1) is 17.6 Å². The first-order chi connectivity index (χ1) is 8.99. The van der Waals surface area contributed by atoms with Crippen molar-refractivity contribution in [2.24, 2.45) is 5.92 Å². The van der Waals surface area contributed by atoms with Crippen LogP contribution in [0.2, 0.25) is 0 Å². The predicted molar refractivity (Wildman–Crippen MR) is 70.8 cm³/mol. The van der Waals surface area contributed by atoms with Gasteiger partial charge in [-0.15, -0.1) is 0 Å². The maximum Gasteiger partial charge on any atom is 0.128 e. The monoisotopic (exact) mass is 269 g/mol. The molecule has 1 fully saturated rings. The van der Waals surface area contributed by atoms with Crippen molar-refractivity contribution in [3.05, 3.63) is 35.4 Å². The van der Waals surface area contributed by atoms with Gasteiger partial charge >= 0.3 is 0 Å². The minimum absolute atomic E-state index is 0.205. The van der Waals surface area contributed by atoms with Crippen LogP contribution in [0.4, 0.5) is 8.78 Å². The summed E-state index contributed by atoms with van der Waals surface area (Å²) in [5, 5.41) is 9.83. The second-order valence-electron chi connectivity index (χ2n) is 5.54. The fourth-order valence-corrected chi connectivity index (χ4v) is 2.83. The first-order valence-corrected chi connectivity index (χ1v) is 6.82. The van der Waals surface area contributed by atoms with E-state index in [-0.39, 0.29) is 23.9 Å². The Labute approximate surface area is 113 Å². The summed E-state index contributed by atoms with van der Waals surface area (Å²) in [4.78, 5) is 1.98. The van der Waals surface area contributed by atoms with Crippen molar-refractivity contribution in [3.63, 3.8) is 0 Å². The van der Waals surface area contributed by atoms with Gasteiger partial charge in [-0.3, -0.25) is 4.90 Å². The van der Waals surface area contributed by atoms with Crippen molar-refractivity contribution in [1.82, 2.24) is 4.90 Å². The molecule has 1 aromatic rings. The number of halogens is 2. The van der Waals surface area contributed by atoms with Crippen molar-refractivity contribution in [1.29, 1.82) is 0 Å². The van der Waals surface area contributed by atoms with Gasteiger partial charge in [-0.1, -0.05) is 6.42 Å². The SMILES string of the molecule is CC(c1cc(F)ccc1F)N(C)CC1CCCC1O. The highest BCUT2D eigenvalue weighted by molar-refractivity contribution is 5.21. The number of benzene rings is 1. The van der Waals surface area contributed by atoms with Crippen LogP contribution in [0.5, 0.6) is 0 Å². The molecule has 0 radical (unpaired) electrons. The van der Waals surface area contributed by atoms with Gasteiger partial charge in [0.2, 0.25) is 0 Å². The smallest absolute Gasteiger partial charge is 0.128 e. The van der Waals surface area contributed by atoms with Crippen molar-refractivity contribution in [2.45, 2.75) is 38.3 Å². The van der Waals surface area contributed by atoms with Gasteiger partial charge in [0.1, 0.15) is 11.6 Å². The Morgan fingerprint density at radius 2 is 2.11 bits per heavy atom. The molecule has 1 aliphatic carbocycles. The fourth-order valence-electron chi connectivity index (χ4n) is 2.83. The van der Waals surface area contributed by atoms with Crippen LogP contribution >= 0.6 is 0 Å². The predicted octanol–water partition coefficient (Wildman–Crippen LogP) is 3.12. The molecule has 19 heavy (non-hydrogen) atoms. The number of hydrogen-bond acceptors (Lipinski definition) is 2. The van der Waals surface area contributed by atoms with Crippen molar-refractivity contribution in [2.75, 3.05) is 13.6 Å². The van der Waals surface area contributed by atoms with E-state index in [4.69, 9.17) is 0 Å². The van der Waals surface area contributed by atoms with Crippen LogP contribution in [-0.2, 0) is 0 Å². The molecule has 0 amide bonds. The molecule has 4 heteroatoms. The molecule has 106 valence electrons. The largest absolute Gasteiger partial charge is 0.393 e. The summed E-state index contributed by atoms with van der Waals surface area (Å²) in [6, 6.07) is 3.34. The average Bonchev–Trinajstić information content (AvgIpc) is 2.77. The summed E-state index contributed by atoms with van der Waals surface area (Å²) in [6.45, 7) is 2.57. The fraction of sp³-hybridized carbons (Fsp3) is 0.600. The second-order valence-corrected chi connectivity index (χ2v) is 5.54. The number of aliphatic hydroxyl groups excluding tert-OH is 1. The van der Waals surface area contributed by atoms with E-state index < -0.39 is 5.82 Å².